The molecule has 0 aliphatic heterocycles. The second kappa shape index (κ2) is 7.47. The molecule has 0 aliphatic rings. The van der Waals surface area contributed by atoms with Gasteiger partial charge in [0.2, 0.25) is 0 Å². The van der Waals surface area contributed by atoms with Crippen LogP contribution in [0.4, 0.5) is 4.39 Å². The number of amidine groups is 1. The first kappa shape index (κ1) is 14.2. The second-order valence-corrected chi connectivity index (χ2v) is 3.32. The number of nitrogens with one attached hydrogen (secondary N) is 1. The van der Waals surface area contributed by atoms with Crippen LogP contribution in [0, 0.1) is 5.41 Å². The van der Waals surface area contributed by atoms with Gasteiger partial charge in [-0.3, -0.25) is 5.41 Å². The van der Waals surface area contributed by atoms with Crippen molar-refractivity contribution in [3.8, 4) is 0 Å². The zero-order valence-electron chi connectivity index (χ0n) is 8.32. The first-order valence-electron chi connectivity index (χ1n) is 4.52. The van der Waals surface area contributed by atoms with Crippen LogP contribution < -0.4 is 5.73 Å². The number of carbonyl (C=O) groups is 1. The van der Waals surface area contributed by atoms with Crippen LogP contribution in [0.25, 0.3) is 0 Å². The summed E-state index contributed by atoms with van der Waals surface area (Å²) in [6.07, 6.45) is 0.514. The van der Waals surface area contributed by atoms with Gasteiger partial charge < -0.3 is 15.7 Å². The molecular formula is C8H16FN3O2S. The summed E-state index contributed by atoms with van der Waals surface area (Å²) in [5.41, 5.74) is 5.28. The Bertz CT molecular complexity index is 228. The number of carboxylic acid groups (broad SMARTS) is 1. The van der Waals surface area contributed by atoms with E-state index in [1.165, 1.54) is 4.90 Å². The molecule has 5 nitrogen and oxygen atoms in total. The van der Waals surface area contributed by atoms with Crippen LogP contribution in [0.5, 0.6) is 0 Å². The predicted octanol–water partition coefficient (Wildman–Crippen LogP) is -0.0330. The summed E-state index contributed by atoms with van der Waals surface area (Å²) in [5, 5.41) is 16.2. The van der Waals surface area contributed by atoms with E-state index in [9.17, 15) is 9.18 Å². The number of hydrogen-bond donors (Lipinski definition) is 4. The van der Waals surface area contributed by atoms with Gasteiger partial charge in [-0.25, -0.2) is 9.18 Å². The molecule has 88 valence electrons. The first-order valence-corrected chi connectivity index (χ1v) is 5.15. The molecule has 7 heteroatoms. The van der Waals surface area contributed by atoms with E-state index >= 15 is 0 Å². The molecule has 0 spiro atoms. The van der Waals surface area contributed by atoms with Crippen LogP contribution in [-0.4, -0.2) is 53.4 Å². The number of hydrogen-bond acceptors (Lipinski definition) is 4. The third kappa shape index (κ3) is 4.48. The van der Waals surface area contributed by atoms with Crippen molar-refractivity contribution in [1.82, 2.24) is 4.90 Å². The standard InChI is InChI=1S/C8H16FN3O2S/c9-4-7(11)12(3-1-2-10)6(5-15)8(13)14/h6,11,15H,1-5,10H2,(H,13,14)/t6-/m0/s1. The normalized spacial score (nSPS) is 12.2. The van der Waals surface area contributed by atoms with Gasteiger partial charge in [0.05, 0.1) is 0 Å². The molecule has 0 heterocycles. The molecule has 0 aliphatic carbocycles. The topological polar surface area (TPSA) is 90.4 Å². The van der Waals surface area contributed by atoms with Gasteiger partial charge in [-0.05, 0) is 13.0 Å². The van der Waals surface area contributed by atoms with E-state index in [1.807, 2.05) is 0 Å². The summed E-state index contributed by atoms with van der Waals surface area (Å²) >= 11 is 3.88. The van der Waals surface area contributed by atoms with Gasteiger partial charge in [-0.15, -0.1) is 0 Å². The highest BCUT2D eigenvalue weighted by atomic mass is 32.1. The van der Waals surface area contributed by atoms with Crippen LogP contribution in [0.2, 0.25) is 0 Å². The lowest BCUT2D eigenvalue weighted by Crippen LogP contribution is -2.47. The molecule has 1 atom stereocenters. The average Bonchev–Trinajstić information content (AvgIpc) is 2.22. The molecule has 0 unspecified atom stereocenters. The van der Waals surface area contributed by atoms with E-state index < -0.39 is 18.7 Å². The number of aliphatic carboxylic acids is 1. The molecular weight excluding hydrogens is 221 g/mol. The lowest BCUT2D eigenvalue weighted by molar-refractivity contribution is -0.141. The molecule has 0 bridgehead atoms. The van der Waals surface area contributed by atoms with Gasteiger partial charge in [-0.2, -0.15) is 12.6 Å². The first-order chi connectivity index (χ1) is 7.08. The van der Waals surface area contributed by atoms with Crippen molar-refractivity contribution in [2.24, 2.45) is 5.73 Å². The Morgan fingerprint density at radius 2 is 2.27 bits per heavy atom. The van der Waals surface area contributed by atoms with Crippen molar-refractivity contribution < 1.29 is 14.3 Å². The van der Waals surface area contributed by atoms with E-state index in [0.29, 0.717) is 13.0 Å². The molecule has 0 saturated carbocycles. The summed E-state index contributed by atoms with van der Waals surface area (Å²) in [5.74, 6) is -1.42. The maximum absolute atomic E-state index is 12.3. The molecule has 0 rings (SSSR count). The minimum Gasteiger partial charge on any atom is -0.480 e. The summed E-state index contributed by atoms with van der Waals surface area (Å²) in [7, 11) is 0. The Hall–Kier alpha value is -0.820. The van der Waals surface area contributed by atoms with Crippen LogP contribution in [0.1, 0.15) is 6.42 Å². The van der Waals surface area contributed by atoms with Gasteiger partial charge in [0.25, 0.3) is 0 Å². The van der Waals surface area contributed by atoms with E-state index in [0.717, 1.165) is 0 Å². The van der Waals surface area contributed by atoms with Gasteiger partial charge in [0, 0.05) is 12.3 Å². The second-order valence-electron chi connectivity index (χ2n) is 2.95. The quantitative estimate of drug-likeness (QED) is 0.284. The van der Waals surface area contributed by atoms with Gasteiger partial charge >= 0.3 is 5.97 Å². The minimum atomic E-state index is -1.11. The number of thiol groups is 1. The van der Waals surface area contributed by atoms with Crippen LogP contribution in [0.3, 0.4) is 0 Å². The summed E-state index contributed by atoms with van der Waals surface area (Å²) < 4.78 is 12.3. The average molecular weight is 237 g/mol. The van der Waals surface area contributed by atoms with Crippen LogP contribution >= 0.6 is 12.6 Å². The molecule has 0 aromatic rings. The van der Waals surface area contributed by atoms with Gasteiger partial charge in [0.1, 0.15) is 18.6 Å². The Balaban J connectivity index is 4.57. The monoisotopic (exact) mass is 237 g/mol. The van der Waals surface area contributed by atoms with Crippen LogP contribution in [-0.2, 0) is 4.79 Å². The molecule has 0 aromatic carbocycles. The van der Waals surface area contributed by atoms with E-state index in [-0.39, 0.29) is 18.1 Å². The lowest BCUT2D eigenvalue weighted by Gasteiger charge is -2.28. The summed E-state index contributed by atoms with van der Waals surface area (Å²) in [6, 6.07) is -0.969. The zero-order chi connectivity index (χ0) is 11.8. The Morgan fingerprint density at radius 3 is 2.60 bits per heavy atom. The Kier molecular flexibility index (Phi) is 7.06. The molecule has 4 N–H and O–H groups in total. The molecule has 15 heavy (non-hydrogen) atoms. The summed E-state index contributed by atoms with van der Waals surface area (Å²) in [6.45, 7) is -0.353. The maximum atomic E-state index is 12.3. The minimum absolute atomic E-state index is 0.0300. The maximum Gasteiger partial charge on any atom is 0.327 e. The smallest absolute Gasteiger partial charge is 0.327 e. The third-order valence-corrected chi connectivity index (χ3v) is 2.26. The zero-order valence-corrected chi connectivity index (χ0v) is 9.21. The summed E-state index contributed by atoms with van der Waals surface area (Å²) in [4.78, 5) is 12.0. The van der Waals surface area contributed by atoms with Crippen molar-refractivity contribution >= 4 is 24.4 Å². The van der Waals surface area contributed by atoms with E-state index in [1.54, 1.807) is 0 Å². The number of alkyl halides is 1. The van der Waals surface area contributed by atoms with E-state index in [2.05, 4.69) is 12.6 Å². The Labute approximate surface area is 93.4 Å². The van der Waals surface area contributed by atoms with Crippen molar-refractivity contribution in [2.45, 2.75) is 12.5 Å². The fourth-order valence-corrected chi connectivity index (χ4v) is 1.48. The molecule has 0 saturated heterocycles. The van der Waals surface area contributed by atoms with Crippen molar-refractivity contribution in [2.75, 3.05) is 25.5 Å². The fourth-order valence-electron chi connectivity index (χ4n) is 1.13. The number of nitrogens with two attached hydrogens (primary N) is 1. The lowest BCUT2D eigenvalue weighted by atomic mass is 10.2. The highest BCUT2D eigenvalue weighted by Gasteiger charge is 2.25. The predicted molar refractivity (Wildman–Crippen MR) is 59.4 cm³/mol. The fraction of sp³-hybridized carbons (Fsp3) is 0.750. The number of carboxylic acids is 1. The van der Waals surface area contributed by atoms with Crippen molar-refractivity contribution in [3.05, 3.63) is 0 Å². The molecule has 0 radical (unpaired) electrons. The van der Waals surface area contributed by atoms with Gasteiger partial charge in [0.15, 0.2) is 0 Å². The SMILES string of the molecule is N=C(CF)N(CCCN)[C@@H](CS)C(=O)O. The third-order valence-electron chi connectivity index (χ3n) is 1.91. The number of nitrogens with zero attached hydrogens (tertiary/aromatic N) is 1. The van der Waals surface area contributed by atoms with E-state index in [4.69, 9.17) is 16.2 Å². The largest absolute Gasteiger partial charge is 0.480 e. The number of rotatable bonds is 7. The van der Waals surface area contributed by atoms with Crippen molar-refractivity contribution in [3.63, 3.8) is 0 Å². The number of halogens is 1. The highest BCUT2D eigenvalue weighted by Crippen LogP contribution is 2.05. The molecule has 0 amide bonds. The Morgan fingerprint density at radius 1 is 1.67 bits per heavy atom. The van der Waals surface area contributed by atoms with Crippen molar-refractivity contribution in [1.29, 1.82) is 5.41 Å². The molecule has 0 aromatic heterocycles. The van der Waals surface area contributed by atoms with Gasteiger partial charge in [-0.1, -0.05) is 0 Å². The molecule has 0 fully saturated rings. The van der Waals surface area contributed by atoms with Crippen LogP contribution in [0.15, 0.2) is 0 Å². The highest BCUT2D eigenvalue weighted by molar-refractivity contribution is 7.80.